The van der Waals surface area contributed by atoms with E-state index in [1.165, 1.54) is 18.4 Å². The molecule has 1 aliphatic rings. The Kier molecular flexibility index (Phi) is 2.59. The SMILES string of the molecule is Cn1ccc(NC(c2ccccc2)C2CC2)n1. The maximum absolute atomic E-state index is 4.39. The summed E-state index contributed by atoms with van der Waals surface area (Å²) in [5.74, 6) is 1.73. The average Bonchev–Trinajstić information content (AvgIpc) is 3.11. The fourth-order valence-electron chi connectivity index (χ4n) is 2.21. The van der Waals surface area contributed by atoms with Crippen LogP contribution in [0.25, 0.3) is 0 Å². The minimum Gasteiger partial charge on any atom is -0.362 e. The molecule has 0 radical (unpaired) electrons. The topological polar surface area (TPSA) is 29.9 Å². The van der Waals surface area contributed by atoms with Gasteiger partial charge in [0.25, 0.3) is 0 Å². The van der Waals surface area contributed by atoms with Crippen molar-refractivity contribution in [2.75, 3.05) is 5.32 Å². The number of hydrogen-bond acceptors (Lipinski definition) is 2. The van der Waals surface area contributed by atoms with Gasteiger partial charge < -0.3 is 5.32 Å². The zero-order valence-electron chi connectivity index (χ0n) is 10.0. The Morgan fingerprint density at radius 1 is 1.24 bits per heavy atom. The van der Waals surface area contributed by atoms with Gasteiger partial charge >= 0.3 is 0 Å². The van der Waals surface area contributed by atoms with Gasteiger partial charge in [0.15, 0.2) is 0 Å². The number of hydrogen-bond donors (Lipinski definition) is 1. The Morgan fingerprint density at radius 2 is 2.00 bits per heavy atom. The Hall–Kier alpha value is -1.77. The van der Waals surface area contributed by atoms with E-state index in [4.69, 9.17) is 0 Å². The van der Waals surface area contributed by atoms with Crippen LogP contribution < -0.4 is 5.32 Å². The number of benzene rings is 1. The van der Waals surface area contributed by atoms with E-state index in [-0.39, 0.29) is 0 Å². The number of aromatic nitrogens is 2. The number of rotatable bonds is 4. The van der Waals surface area contributed by atoms with Gasteiger partial charge in [-0.1, -0.05) is 30.3 Å². The van der Waals surface area contributed by atoms with Gasteiger partial charge in [-0.25, -0.2) is 0 Å². The van der Waals surface area contributed by atoms with Crippen molar-refractivity contribution in [1.82, 2.24) is 9.78 Å². The van der Waals surface area contributed by atoms with Crippen LogP contribution in [0.1, 0.15) is 24.4 Å². The van der Waals surface area contributed by atoms with Crippen LogP contribution in [0, 0.1) is 5.92 Å². The van der Waals surface area contributed by atoms with Crippen molar-refractivity contribution in [1.29, 1.82) is 0 Å². The Balaban J connectivity index is 1.81. The Morgan fingerprint density at radius 3 is 2.59 bits per heavy atom. The van der Waals surface area contributed by atoms with E-state index in [1.54, 1.807) is 0 Å². The first-order chi connectivity index (χ1) is 8.33. The summed E-state index contributed by atoms with van der Waals surface area (Å²) in [5, 5.41) is 7.94. The van der Waals surface area contributed by atoms with E-state index in [9.17, 15) is 0 Å². The molecule has 88 valence electrons. The first kappa shape index (κ1) is 10.4. The fourth-order valence-corrected chi connectivity index (χ4v) is 2.21. The highest BCUT2D eigenvalue weighted by Crippen LogP contribution is 2.42. The normalized spacial score (nSPS) is 16.8. The van der Waals surface area contributed by atoms with Gasteiger partial charge in [-0.2, -0.15) is 5.10 Å². The predicted octanol–water partition coefficient (Wildman–Crippen LogP) is 2.98. The van der Waals surface area contributed by atoms with Crippen LogP contribution in [0.4, 0.5) is 5.82 Å². The van der Waals surface area contributed by atoms with E-state index in [2.05, 4.69) is 40.7 Å². The average molecular weight is 227 g/mol. The van der Waals surface area contributed by atoms with E-state index in [0.29, 0.717) is 6.04 Å². The zero-order chi connectivity index (χ0) is 11.7. The molecule has 1 atom stereocenters. The van der Waals surface area contributed by atoms with Crippen molar-refractivity contribution in [2.24, 2.45) is 13.0 Å². The van der Waals surface area contributed by atoms with E-state index in [1.807, 2.05) is 24.0 Å². The van der Waals surface area contributed by atoms with Gasteiger partial charge in [-0.3, -0.25) is 4.68 Å². The molecule has 0 aliphatic heterocycles. The van der Waals surface area contributed by atoms with Crippen LogP contribution >= 0.6 is 0 Å². The molecule has 0 spiro atoms. The third-order valence-electron chi connectivity index (χ3n) is 3.27. The Bertz CT molecular complexity index is 485. The summed E-state index contributed by atoms with van der Waals surface area (Å²) in [6.45, 7) is 0. The lowest BCUT2D eigenvalue weighted by atomic mass is 10.0. The summed E-state index contributed by atoms with van der Waals surface area (Å²) < 4.78 is 1.83. The number of anilines is 1. The summed E-state index contributed by atoms with van der Waals surface area (Å²) in [5.41, 5.74) is 1.36. The number of nitrogens with zero attached hydrogens (tertiary/aromatic N) is 2. The second kappa shape index (κ2) is 4.24. The molecule has 1 unspecified atom stereocenters. The maximum Gasteiger partial charge on any atom is 0.148 e. The lowest BCUT2D eigenvalue weighted by Crippen LogP contribution is -2.13. The molecule has 1 aromatic heterocycles. The summed E-state index contributed by atoms with van der Waals surface area (Å²) in [6, 6.07) is 13.1. The van der Waals surface area contributed by atoms with Crippen LogP contribution in [0.3, 0.4) is 0 Å². The van der Waals surface area contributed by atoms with Gasteiger partial charge in [0.2, 0.25) is 0 Å². The van der Waals surface area contributed by atoms with Gasteiger partial charge in [-0.05, 0) is 24.3 Å². The molecule has 1 heterocycles. The quantitative estimate of drug-likeness (QED) is 0.870. The van der Waals surface area contributed by atoms with Crippen LogP contribution in [-0.4, -0.2) is 9.78 Å². The highest BCUT2D eigenvalue weighted by atomic mass is 15.3. The van der Waals surface area contributed by atoms with Crippen LogP contribution in [-0.2, 0) is 7.05 Å². The molecular weight excluding hydrogens is 210 g/mol. The molecule has 3 heteroatoms. The van der Waals surface area contributed by atoms with Gasteiger partial charge in [0.1, 0.15) is 5.82 Å². The molecule has 1 N–H and O–H groups in total. The molecular formula is C14H17N3. The standard InChI is InChI=1S/C14H17N3/c1-17-10-9-13(16-17)15-14(12-7-8-12)11-5-3-2-4-6-11/h2-6,9-10,12,14H,7-8H2,1H3,(H,15,16). The van der Waals surface area contributed by atoms with Crippen LogP contribution in [0.15, 0.2) is 42.6 Å². The second-order valence-electron chi connectivity index (χ2n) is 4.74. The van der Waals surface area contributed by atoms with Gasteiger partial charge in [-0.15, -0.1) is 0 Å². The highest BCUT2D eigenvalue weighted by Gasteiger charge is 2.32. The second-order valence-corrected chi connectivity index (χ2v) is 4.74. The highest BCUT2D eigenvalue weighted by molar-refractivity contribution is 5.38. The lowest BCUT2D eigenvalue weighted by molar-refractivity contribution is 0.669. The largest absolute Gasteiger partial charge is 0.362 e. The molecule has 2 aromatic rings. The summed E-state index contributed by atoms with van der Waals surface area (Å²) in [7, 11) is 1.94. The molecule has 1 aliphatic carbocycles. The monoisotopic (exact) mass is 227 g/mol. The van der Waals surface area contributed by atoms with Crippen molar-refractivity contribution >= 4 is 5.82 Å². The van der Waals surface area contributed by atoms with E-state index in [0.717, 1.165) is 11.7 Å². The maximum atomic E-state index is 4.39. The summed E-state index contributed by atoms with van der Waals surface area (Å²) >= 11 is 0. The third kappa shape index (κ3) is 2.33. The molecule has 0 saturated heterocycles. The van der Waals surface area contributed by atoms with Crippen molar-refractivity contribution < 1.29 is 0 Å². The zero-order valence-corrected chi connectivity index (χ0v) is 10.0. The first-order valence-electron chi connectivity index (χ1n) is 6.14. The van der Waals surface area contributed by atoms with Gasteiger partial charge in [0.05, 0.1) is 6.04 Å². The minimum absolute atomic E-state index is 0.408. The fraction of sp³-hybridized carbons (Fsp3) is 0.357. The smallest absolute Gasteiger partial charge is 0.148 e. The molecule has 3 rings (SSSR count). The molecule has 0 bridgehead atoms. The molecule has 0 amide bonds. The van der Waals surface area contributed by atoms with E-state index >= 15 is 0 Å². The van der Waals surface area contributed by atoms with Gasteiger partial charge in [0, 0.05) is 19.3 Å². The Labute approximate surface area is 101 Å². The molecule has 1 aromatic carbocycles. The molecule has 1 saturated carbocycles. The summed E-state index contributed by atoms with van der Waals surface area (Å²) in [6.07, 6.45) is 4.61. The predicted molar refractivity (Wildman–Crippen MR) is 68.7 cm³/mol. The minimum atomic E-state index is 0.408. The molecule has 17 heavy (non-hydrogen) atoms. The van der Waals surface area contributed by atoms with Crippen molar-refractivity contribution in [3.63, 3.8) is 0 Å². The van der Waals surface area contributed by atoms with Crippen molar-refractivity contribution in [3.8, 4) is 0 Å². The van der Waals surface area contributed by atoms with Crippen molar-refractivity contribution in [2.45, 2.75) is 18.9 Å². The van der Waals surface area contributed by atoms with Crippen LogP contribution in [0.2, 0.25) is 0 Å². The lowest BCUT2D eigenvalue weighted by Gasteiger charge is -2.18. The van der Waals surface area contributed by atoms with E-state index < -0.39 is 0 Å². The number of aryl methyl sites for hydroxylation is 1. The van der Waals surface area contributed by atoms with Crippen molar-refractivity contribution in [3.05, 3.63) is 48.2 Å². The molecule has 1 fully saturated rings. The first-order valence-corrected chi connectivity index (χ1v) is 6.14. The third-order valence-corrected chi connectivity index (χ3v) is 3.27. The molecule has 3 nitrogen and oxygen atoms in total. The summed E-state index contributed by atoms with van der Waals surface area (Å²) in [4.78, 5) is 0. The van der Waals surface area contributed by atoms with Crippen LogP contribution in [0.5, 0.6) is 0 Å². The number of nitrogens with one attached hydrogen (secondary N) is 1.